The van der Waals surface area contributed by atoms with E-state index in [0.29, 0.717) is 23.8 Å². The van der Waals surface area contributed by atoms with Gasteiger partial charge in [-0.15, -0.1) is 0 Å². The Labute approximate surface area is 263 Å². The van der Waals surface area contributed by atoms with Gasteiger partial charge in [-0.25, -0.2) is 14.8 Å². The van der Waals surface area contributed by atoms with Gasteiger partial charge in [0.25, 0.3) is 5.91 Å². The molecule has 2 fully saturated rings. The molecule has 1 aromatic heterocycles. The summed E-state index contributed by atoms with van der Waals surface area (Å²) in [5.74, 6) is -0.594. The second-order valence-corrected chi connectivity index (χ2v) is 12.1. The fourth-order valence-corrected chi connectivity index (χ4v) is 5.43. The summed E-state index contributed by atoms with van der Waals surface area (Å²) in [7, 11) is 0. The molecule has 13 heteroatoms. The molecule has 0 radical (unpaired) electrons. The standard InChI is InChI=1S/C32H44N6O7/c1-5-44-31(43)37-18-16-36(17-19-37)30(42)24(13-14-27(40)45-32(2,3)4)34-29(41)25-20-26(38-15-9-12-23(38)21-39)35-28(33-25)22-10-7-6-8-11-22/h6-8,10-11,20,23-24,39H,5,9,12-19,21H2,1-4H3,(H,34,41)/t23-,24+/m1/s1. The quantitative estimate of drug-likeness (QED) is 0.377. The van der Waals surface area contributed by atoms with Crippen LogP contribution in [0.15, 0.2) is 36.4 Å². The third-order valence-corrected chi connectivity index (χ3v) is 7.64. The smallest absolute Gasteiger partial charge is 0.409 e. The summed E-state index contributed by atoms with van der Waals surface area (Å²) in [4.78, 5) is 66.7. The van der Waals surface area contributed by atoms with E-state index in [0.717, 1.165) is 12.8 Å². The van der Waals surface area contributed by atoms with Crippen LogP contribution in [0.3, 0.4) is 0 Å². The monoisotopic (exact) mass is 624 g/mol. The number of aliphatic hydroxyl groups excluding tert-OH is 1. The zero-order valence-corrected chi connectivity index (χ0v) is 26.5. The first-order valence-corrected chi connectivity index (χ1v) is 15.5. The molecule has 0 unspecified atom stereocenters. The summed E-state index contributed by atoms with van der Waals surface area (Å²) in [6, 6.07) is 9.66. The molecule has 2 aliphatic rings. The maximum atomic E-state index is 13.8. The molecule has 2 N–H and O–H groups in total. The highest BCUT2D eigenvalue weighted by atomic mass is 16.6. The number of carbonyl (C=O) groups excluding carboxylic acids is 4. The van der Waals surface area contributed by atoms with Crippen molar-refractivity contribution in [3.63, 3.8) is 0 Å². The number of benzene rings is 1. The number of hydrogen-bond donors (Lipinski definition) is 2. The van der Waals surface area contributed by atoms with E-state index >= 15 is 0 Å². The van der Waals surface area contributed by atoms with Crippen LogP contribution in [0.5, 0.6) is 0 Å². The van der Waals surface area contributed by atoms with E-state index in [-0.39, 0.29) is 69.9 Å². The SMILES string of the molecule is CCOC(=O)N1CCN(C(=O)[C@H](CCC(=O)OC(C)(C)C)NC(=O)c2cc(N3CCC[C@@H]3CO)nc(-c3ccccc3)n2)CC1. The van der Waals surface area contributed by atoms with Gasteiger partial charge in [-0.05, 0) is 47.0 Å². The molecular weight excluding hydrogens is 580 g/mol. The lowest BCUT2D eigenvalue weighted by molar-refractivity contribution is -0.155. The van der Waals surface area contributed by atoms with Gasteiger partial charge in [0.2, 0.25) is 5.91 Å². The Hall–Kier alpha value is -4.26. The molecular formula is C32H44N6O7. The number of aromatic nitrogens is 2. The van der Waals surface area contributed by atoms with Crippen LogP contribution >= 0.6 is 0 Å². The number of amides is 3. The molecule has 0 bridgehead atoms. The van der Waals surface area contributed by atoms with E-state index in [1.807, 2.05) is 35.2 Å². The molecule has 1 aromatic carbocycles. The minimum Gasteiger partial charge on any atom is -0.460 e. The Bertz CT molecular complexity index is 1340. The summed E-state index contributed by atoms with van der Waals surface area (Å²) < 4.78 is 10.5. The summed E-state index contributed by atoms with van der Waals surface area (Å²) in [6.45, 7) is 8.98. The predicted molar refractivity (Wildman–Crippen MR) is 166 cm³/mol. The largest absolute Gasteiger partial charge is 0.460 e. The maximum Gasteiger partial charge on any atom is 0.409 e. The number of rotatable bonds is 10. The summed E-state index contributed by atoms with van der Waals surface area (Å²) in [6.07, 6.45) is 1.16. The van der Waals surface area contributed by atoms with Gasteiger partial charge >= 0.3 is 12.1 Å². The van der Waals surface area contributed by atoms with Crippen molar-refractivity contribution < 1.29 is 33.8 Å². The third kappa shape index (κ3) is 9.13. The predicted octanol–water partition coefficient (Wildman–Crippen LogP) is 2.63. The minimum atomic E-state index is -1.05. The number of nitrogens with zero attached hydrogens (tertiary/aromatic N) is 5. The lowest BCUT2D eigenvalue weighted by Crippen LogP contribution is -2.56. The number of aliphatic hydroxyl groups is 1. The minimum absolute atomic E-state index is 0.0137. The van der Waals surface area contributed by atoms with Crippen LogP contribution in [-0.4, -0.2) is 112 Å². The number of carbonyl (C=O) groups is 4. The Balaban J connectivity index is 1.58. The van der Waals surface area contributed by atoms with Crippen molar-refractivity contribution in [1.82, 2.24) is 25.1 Å². The van der Waals surface area contributed by atoms with Crippen molar-refractivity contribution in [3.05, 3.63) is 42.1 Å². The van der Waals surface area contributed by atoms with E-state index < -0.39 is 29.6 Å². The van der Waals surface area contributed by atoms with Crippen LogP contribution in [-0.2, 0) is 19.1 Å². The molecule has 3 amide bonds. The molecule has 45 heavy (non-hydrogen) atoms. The van der Waals surface area contributed by atoms with Gasteiger partial charge in [-0.3, -0.25) is 14.4 Å². The summed E-state index contributed by atoms with van der Waals surface area (Å²) in [5, 5.41) is 12.8. The average Bonchev–Trinajstić information content (AvgIpc) is 3.51. The van der Waals surface area contributed by atoms with E-state index in [2.05, 4.69) is 10.3 Å². The number of piperazine rings is 1. The maximum absolute atomic E-state index is 13.8. The highest BCUT2D eigenvalue weighted by molar-refractivity contribution is 5.97. The molecule has 13 nitrogen and oxygen atoms in total. The van der Waals surface area contributed by atoms with Crippen LogP contribution in [0.4, 0.5) is 10.6 Å². The number of anilines is 1. The van der Waals surface area contributed by atoms with Crippen molar-refractivity contribution >= 4 is 29.7 Å². The molecule has 2 saturated heterocycles. The normalized spacial score (nSPS) is 17.5. The third-order valence-electron chi connectivity index (χ3n) is 7.64. The first-order chi connectivity index (χ1) is 21.5. The fourth-order valence-electron chi connectivity index (χ4n) is 5.43. The highest BCUT2D eigenvalue weighted by Crippen LogP contribution is 2.27. The zero-order valence-electron chi connectivity index (χ0n) is 26.5. The first kappa shape index (κ1) is 33.6. The summed E-state index contributed by atoms with van der Waals surface area (Å²) in [5.41, 5.74) is 0.0750. The molecule has 2 aromatic rings. The van der Waals surface area contributed by atoms with E-state index in [9.17, 15) is 24.3 Å². The number of esters is 1. The van der Waals surface area contributed by atoms with Crippen LogP contribution in [0, 0.1) is 0 Å². The topological polar surface area (TPSA) is 154 Å². The van der Waals surface area contributed by atoms with Crippen molar-refractivity contribution in [2.75, 3.05) is 50.8 Å². The van der Waals surface area contributed by atoms with Gasteiger partial charge in [0, 0.05) is 50.8 Å². The highest BCUT2D eigenvalue weighted by Gasteiger charge is 2.33. The summed E-state index contributed by atoms with van der Waals surface area (Å²) >= 11 is 0. The number of hydrogen-bond acceptors (Lipinski definition) is 10. The number of nitrogens with one attached hydrogen (secondary N) is 1. The van der Waals surface area contributed by atoms with Crippen molar-refractivity contribution in [2.24, 2.45) is 0 Å². The lowest BCUT2D eigenvalue weighted by Gasteiger charge is -2.36. The van der Waals surface area contributed by atoms with E-state index in [1.165, 1.54) is 4.90 Å². The molecule has 2 aliphatic heterocycles. The first-order valence-electron chi connectivity index (χ1n) is 15.5. The Morgan fingerprint density at radius 1 is 1.02 bits per heavy atom. The molecule has 244 valence electrons. The second-order valence-electron chi connectivity index (χ2n) is 12.1. The van der Waals surface area contributed by atoms with Gasteiger partial charge in [-0.2, -0.15) is 0 Å². The molecule has 0 saturated carbocycles. The van der Waals surface area contributed by atoms with Crippen molar-refractivity contribution in [1.29, 1.82) is 0 Å². The Morgan fingerprint density at radius 2 is 1.71 bits per heavy atom. The fraction of sp³-hybridized carbons (Fsp3) is 0.562. The van der Waals surface area contributed by atoms with Gasteiger partial charge in [0.15, 0.2) is 5.82 Å². The van der Waals surface area contributed by atoms with Gasteiger partial charge < -0.3 is 34.6 Å². The van der Waals surface area contributed by atoms with Crippen molar-refractivity contribution in [2.45, 2.75) is 71.1 Å². The molecule has 0 aliphatic carbocycles. The van der Waals surface area contributed by atoms with E-state index in [1.54, 1.807) is 38.7 Å². The van der Waals surface area contributed by atoms with Crippen molar-refractivity contribution in [3.8, 4) is 11.4 Å². The van der Waals surface area contributed by atoms with Gasteiger partial charge in [-0.1, -0.05) is 30.3 Å². The van der Waals surface area contributed by atoms with Gasteiger partial charge in [0.05, 0.1) is 19.3 Å². The Kier molecular flexibility index (Phi) is 11.3. The van der Waals surface area contributed by atoms with Gasteiger partial charge in [0.1, 0.15) is 23.2 Å². The van der Waals surface area contributed by atoms with E-state index in [4.69, 9.17) is 14.5 Å². The van der Waals surface area contributed by atoms with Crippen LogP contribution in [0.2, 0.25) is 0 Å². The molecule has 0 spiro atoms. The lowest BCUT2D eigenvalue weighted by atomic mass is 10.1. The Morgan fingerprint density at radius 3 is 2.36 bits per heavy atom. The molecule has 3 heterocycles. The second kappa shape index (κ2) is 15.2. The zero-order chi connectivity index (χ0) is 32.6. The van der Waals surface area contributed by atoms with Crippen LogP contribution in [0.1, 0.15) is 63.9 Å². The molecule has 2 atom stereocenters. The number of ether oxygens (including phenoxy) is 2. The van der Waals surface area contributed by atoms with Crippen LogP contribution in [0.25, 0.3) is 11.4 Å². The van der Waals surface area contributed by atoms with Crippen LogP contribution < -0.4 is 10.2 Å². The average molecular weight is 625 g/mol. The molecule has 4 rings (SSSR count).